The van der Waals surface area contributed by atoms with E-state index in [0.29, 0.717) is 5.82 Å². The minimum Gasteiger partial charge on any atom is -0.383 e. The normalized spacial score (nSPS) is 10.9. The Morgan fingerprint density at radius 2 is 1.75 bits per heavy atom. The first kappa shape index (κ1) is 12.6. The van der Waals surface area contributed by atoms with Crippen molar-refractivity contribution in [3.05, 3.63) is 53.9 Å². The molecule has 3 rings (SSSR count). The third kappa shape index (κ3) is 2.01. The summed E-state index contributed by atoms with van der Waals surface area (Å²) in [6, 6.07) is 14.6. The van der Waals surface area contributed by atoms with Crippen LogP contribution in [0.4, 0.5) is 5.82 Å². The summed E-state index contributed by atoms with van der Waals surface area (Å²) in [7, 11) is 0. The summed E-state index contributed by atoms with van der Waals surface area (Å²) in [5.74, 6) is 1.36. The molecule has 0 bridgehead atoms. The molecule has 3 nitrogen and oxygen atoms in total. The Kier molecular flexibility index (Phi) is 3.11. The maximum atomic E-state index is 6.03. The molecule has 3 heteroatoms. The summed E-state index contributed by atoms with van der Waals surface area (Å²) in [5.41, 5.74) is 9.02. The van der Waals surface area contributed by atoms with E-state index in [1.54, 1.807) is 0 Å². The Morgan fingerprint density at radius 3 is 2.55 bits per heavy atom. The van der Waals surface area contributed by atoms with Crippen molar-refractivity contribution in [1.82, 2.24) is 9.97 Å². The van der Waals surface area contributed by atoms with E-state index in [2.05, 4.69) is 40.3 Å². The molecule has 0 amide bonds. The average Bonchev–Trinajstić information content (AvgIpc) is 2.49. The molecule has 0 fully saturated rings. The number of aryl methyl sites for hydroxylation is 1. The minimum atomic E-state index is 0.569. The molecule has 20 heavy (non-hydrogen) atoms. The van der Waals surface area contributed by atoms with E-state index in [9.17, 15) is 0 Å². The third-order valence-corrected chi connectivity index (χ3v) is 3.59. The monoisotopic (exact) mass is 263 g/mol. The van der Waals surface area contributed by atoms with Crippen LogP contribution in [0.25, 0.3) is 22.0 Å². The first-order valence-corrected chi connectivity index (χ1v) is 6.82. The van der Waals surface area contributed by atoms with Crippen molar-refractivity contribution in [3.8, 4) is 11.3 Å². The summed E-state index contributed by atoms with van der Waals surface area (Å²) < 4.78 is 0. The smallest absolute Gasteiger partial charge is 0.131 e. The number of nitrogens with two attached hydrogens (primary N) is 1. The molecule has 0 aliphatic heterocycles. The fourth-order valence-corrected chi connectivity index (χ4v) is 2.43. The van der Waals surface area contributed by atoms with E-state index in [0.717, 1.165) is 29.1 Å². The second-order valence-electron chi connectivity index (χ2n) is 4.88. The molecule has 1 heterocycles. The molecule has 1 aromatic heterocycles. The summed E-state index contributed by atoms with van der Waals surface area (Å²) in [6.07, 6.45) is 0.780. The Morgan fingerprint density at radius 1 is 1.00 bits per heavy atom. The predicted molar refractivity (Wildman–Crippen MR) is 83.5 cm³/mol. The maximum Gasteiger partial charge on any atom is 0.131 e. The Hall–Kier alpha value is -2.42. The van der Waals surface area contributed by atoms with Crippen molar-refractivity contribution >= 4 is 16.6 Å². The van der Waals surface area contributed by atoms with E-state index in [4.69, 9.17) is 5.73 Å². The molecule has 0 aliphatic rings. The van der Waals surface area contributed by atoms with Crippen LogP contribution >= 0.6 is 0 Å². The van der Waals surface area contributed by atoms with Crippen LogP contribution < -0.4 is 5.73 Å². The van der Waals surface area contributed by atoms with E-state index in [1.165, 1.54) is 10.8 Å². The third-order valence-electron chi connectivity index (χ3n) is 3.59. The Labute approximate surface area is 118 Å². The second kappa shape index (κ2) is 4.93. The van der Waals surface area contributed by atoms with Crippen molar-refractivity contribution in [2.24, 2.45) is 0 Å². The second-order valence-corrected chi connectivity index (χ2v) is 4.88. The SMILES string of the molecule is CCc1nc(N)c(C)c(-c2cccc3ccccc23)n1. The Bertz CT molecular complexity index is 773. The van der Waals surface area contributed by atoms with Crippen molar-refractivity contribution in [1.29, 1.82) is 0 Å². The molecule has 0 saturated carbocycles. The van der Waals surface area contributed by atoms with E-state index in [-0.39, 0.29) is 0 Å². The summed E-state index contributed by atoms with van der Waals surface area (Å²) >= 11 is 0. The first-order valence-electron chi connectivity index (χ1n) is 6.82. The molecule has 0 aliphatic carbocycles. The van der Waals surface area contributed by atoms with Gasteiger partial charge >= 0.3 is 0 Å². The van der Waals surface area contributed by atoms with Crippen molar-refractivity contribution < 1.29 is 0 Å². The zero-order valence-electron chi connectivity index (χ0n) is 11.7. The van der Waals surface area contributed by atoms with Crippen LogP contribution in [0.1, 0.15) is 18.3 Å². The van der Waals surface area contributed by atoms with Gasteiger partial charge in [-0.25, -0.2) is 9.97 Å². The van der Waals surface area contributed by atoms with Gasteiger partial charge in [-0.2, -0.15) is 0 Å². The molecule has 100 valence electrons. The van der Waals surface area contributed by atoms with Gasteiger partial charge in [0, 0.05) is 17.5 Å². The van der Waals surface area contributed by atoms with E-state index < -0.39 is 0 Å². The zero-order chi connectivity index (χ0) is 14.1. The van der Waals surface area contributed by atoms with E-state index >= 15 is 0 Å². The summed E-state index contributed by atoms with van der Waals surface area (Å²) in [6.45, 7) is 4.02. The van der Waals surface area contributed by atoms with Gasteiger partial charge in [0.15, 0.2) is 0 Å². The first-order chi connectivity index (χ1) is 9.70. The fraction of sp³-hybridized carbons (Fsp3) is 0.176. The number of aromatic nitrogens is 2. The highest BCUT2D eigenvalue weighted by atomic mass is 15.0. The molecule has 3 aromatic rings. The number of hydrogen-bond acceptors (Lipinski definition) is 3. The van der Waals surface area contributed by atoms with Crippen molar-refractivity contribution in [3.63, 3.8) is 0 Å². The molecule has 0 atom stereocenters. The molecule has 0 spiro atoms. The quantitative estimate of drug-likeness (QED) is 0.766. The van der Waals surface area contributed by atoms with Crippen LogP contribution in [-0.2, 0) is 6.42 Å². The molecule has 0 saturated heterocycles. The minimum absolute atomic E-state index is 0.569. The van der Waals surface area contributed by atoms with Gasteiger partial charge in [-0.1, -0.05) is 49.4 Å². The molecular formula is C17H17N3. The van der Waals surface area contributed by atoms with Gasteiger partial charge < -0.3 is 5.73 Å². The van der Waals surface area contributed by atoms with Crippen LogP contribution in [0.2, 0.25) is 0 Å². The van der Waals surface area contributed by atoms with E-state index in [1.807, 2.05) is 26.0 Å². The Balaban J connectivity index is 2.33. The number of fused-ring (bicyclic) bond motifs is 1. The molecule has 2 N–H and O–H groups in total. The standard InChI is InChI=1S/C17H17N3/c1-3-15-19-16(11(2)17(18)20-15)14-10-6-8-12-7-4-5-9-13(12)14/h4-10H,3H2,1-2H3,(H2,18,19,20). The number of nitrogen functional groups attached to an aromatic ring is 1. The topological polar surface area (TPSA) is 51.8 Å². The van der Waals surface area contributed by atoms with Crippen molar-refractivity contribution in [2.75, 3.05) is 5.73 Å². The number of benzene rings is 2. The zero-order valence-corrected chi connectivity index (χ0v) is 11.7. The van der Waals surface area contributed by atoms with Gasteiger partial charge in [0.05, 0.1) is 5.69 Å². The van der Waals surface area contributed by atoms with Gasteiger partial charge in [-0.15, -0.1) is 0 Å². The van der Waals surface area contributed by atoms with Gasteiger partial charge in [0.2, 0.25) is 0 Å². The largest absolute Gasteiger partial charge is 0.383 e. The number of anilines is 1. The van der Waals surface area contributed by atoms with Crippen LogP contribution in [0.15, 0.2) is 42.5 Å². The highest BCUT2D eigenvalue weighted by molar-refractivity contribution is 5.96. The van der Waals surface area contributed by atoms with Gasteiger partial charge in [0.25, 0.3) is 0 Å². The summed E-state index contributed by atoms with van der Waals surface area (Å²) in [5, 5.41) is 2.40. The highest BCUT2D eigenvalue weighted by Gasteiger charge is 2.12. The molecule has 0 unspecified atom stereocenters. The van der Waals surface area contributed by atoms with Crippen LogP contribution in [0.3, 0.4) is 0 Å². The maximum absolute atomic E-state index is 6.03. The predicted octanol–water partition coefficient (Wildman–Crippen LogP) is 3.75. The highest BCUT2D eigenvalue weighted by Crippen LogP contribution is 2.30. The lowest BCUT2D eigenvalue weighted by molar-refractivity contribution is 0.941. The number of rotatable bonds is 2. The lowest BCUT2D eigenvalue weighted by Crippen LogP contribution is -2.04. The lowest BCUT2D eigenvalue weighted by atomic mass is 9.99. The number of nitrogens with zero attached hydrogens (tertiary/aromatic N) is 2. The van der Waals surface area contributed by atoms with Crippen LogP contribution in [0, 0.1) is 6.92 Å². The van der Waals surface area contributed by atoms with Crippen LogP contribution in [-0.4, -0.2) is 9.97 Å². The lowest BCUT2D eigenvalue weighted by Gasteiger charge is -2.11. The molecular weight excluding hydrogens is 246 g/mol. The average molecular weight is 263 g/mol. The van der Waals surface area contributed by atoms with Gasteiger partial charge in [-0.05, 0) is 17.7 Å². The molecule has 0 radical (unpaired) electrons. The molecule has 2 aromatic carbocycles. The van der Waals surface area contributed by atoms with Gasteiger partial charge in [0.1, 0.15) is 11.6 Å². The van der Waals surface area contributed by atoms with Crippen molar-refractivity contribution in [2.45, 2.75) is 20.3 Å². The fourth-order valence-electron chi connectivity index (χ4n) is 2.43. The van der Waals surface area contributed by atoms with Crippen LogP contribution in [0.5, 0.6) is 0 Å². The summed E-state index contributed by atoms with van der Waals surface area (Å²) in [4.78, 5) is 9.00. The number of hydrogen-bond donors (Lipinski definition) is 1. The van der Waals surface area contributed by atoms with Gasteiger partial charge in [-0.3, -0.25) is 0 Å².